The largest absolute Gasteiger partial charge is 0.460 e. The Morgan fingerprint density at radius 2 is 1.58 bits per heavy atom. The van der Waals surface area contributed by atoms with Crippen LogP contribution in [0.25, 0.3) is 0 Å². The molecule has 0 amide bonds. The molecule has 0 aromatic heterocycles. The summed E-state index contributed by atoms with van der Waals surface area (Å²) in [4.78, 5) is 17.9. The lowest BCUT2D eigenvalue weighted by Gasteiger charge is -2.39. The Hall–Kier alpha value is -2.95. The molecule has 206 valence electrons. The second-order valence-corrected chi connectivity index (χ2v) is 10.8. The van der Waals surface area contributed by atoms with Crippen molar-refractivity contribution >= 4 is 17.4 Å². The van der Waals surface area contributed by atoms with Crippen molar-refractivity contribution in [3.63, 3.8) is 0 Å². The molecule has 1 aliphatic rings. The molecular weight excluding hydrogens is 472 g/mol. The summed E-state index contributed by atoms with van der Waals surface area (Å²) >= 11 is 0. The monoisotopic (exact) mass is 518 g/mol. The van der Waals surface area contributed by atoms with Crippen LogP contribution in [0.4, 0.5) is 0 Å². The van der Waals surface area contributed by atoms with Gasteiger partial charge >= 0.3 is 5.97 Å². The summed E-state index contributed by atoms with van der Waals surface area (Å²) in [6.07, 6.45) is 12.3. The molecule has 0 saturated heterocycles. The number of benzene rings is 2. The van der Waals surface area contributed by atoms with Crippen LogP contribution in [0.1, 0.15) is 106 Å². The van der Waals surface area contributed by atoms with Crippen LogP contribution in [0, 0.1) is 6.92 Å². The minimum absolute atomic E-state index is 0.0557. The molecule has 0 spiro atoms. The predicted molar refractivity (Wildman–Crippen MR) is 157 cm³/mol. The van der Waals surface area contributed by atoms with Crippen molar-refractivity contribution < 1.29 is 14.7 Å². The maximum Gasteiger partial charge on any atom is 0.362 e. The Bertz CT molecular complexity index is 1100. The zero-order valence-corrected chi connectivity index (χ0v) is 23.9. The zero-order valence-electron chi connectivity index (χ0n) is 23.9. The van der Waals surface area contributed by atoms with E-state index in [2.05, 4.69) is 63.2 Å². The number of rotatable bonds is 15. The number of carbonyl (C=O) groups excluding carboxylic acids is 1. The van der Waals surface area contributed by atoms with Gasteiger partial charge in [-0.15, -0.1) is 0 Å². The van der Waals surface area contributed by atoms with E-state index in [0.717, 1.165) is 43.2 Å². The zero-order chi connectivity index (χ0) is 27.4. The van der Waals surface area contributed by atoms with Gasteiger partial charge in [0, 0.05) is 23.9 Å². The van der Waals surface area contributed by atoms with Gasteiger partial charge < -0.3 is 9.94 Å². The van der Waals surface area contributed by atoms with Crippen LogP contribution in [0.2, 0.25) is 0 Å². The van der Waals surface area contributed by atoms with Crippen LogP contribution in [0.15, 0.2) is 52.6 Å². The third-order valence-electron chi connectivity index (χ3n) is 7.79. The van der Waals surface area contributed by atoms with E-state index >= 15 is 0 Å². The molecule has 0 saturated carbocycles. The maximum absolute atomic E-state index is 13.0. The molecule has 0 fully saturated rings. The Labute approximate surface area is 229 Å². The van der Waals surface area contributed by atoms with Gasteiger partial charge in [0.25, 0.3) is 0 Å². The van der Waals surface area contributed by atoms with Gasteiger partial charge in [0.05, 0.1) is 6.61 Å². The van der Waals surface area contributed by atoms with E-state index in [0.29, 0.717) is 18.7 Å². The summed E-state index contributed by atoms with van der Waals surface area (Å²) in [5.41, 5.74) is 6.03. The first kappa shape index (κ1) is 29.6. The third-order valence-corrected chi connectivity index (χ3v) is 7.79. The number of fused-ring (bicyclic) bond motifs is 1. The summed E-state index contributed by atoms with van der Waals surface area (Å²) in [6, 6.07) is 14.7. The fourth-order valence-corrected chi connectivity index (χ4v) is 5.98. The molecule has 0 bridgehead atoms. The molecule has 2 aromatic carbocycles. The van der Waals surface area contributed by atoms with Gasteiger partial charge in [0.1, 0.15) is 5.71 Å². The van der Waals surface area contributed by atoms with E-state index in [1.807, 2.05) is 12.1 Å². The van der Waals surface area contributed by atoms with E-state index in [9.17, 15) is 10.0 Å². The predicted octanol–water partition coefficient (Wildman–Crippen LogP) is 7.76. The Morgan fingerprint density at radius 1 is 0.921 bits per heavy atom. The van der Waals surface area contributed by atoms with E-state index in [1.165, 1.54) is 48.8 Å². The van der Waals surface area contributed by atoms with Gasteiger partial charge in [-0.2, -0.15) is 0 Å². The Morgan fingerprint density at radius 3 is 2.21 bits per heavy atom. The average molecular weight is 519 g/mol. The van der Waals surface area contributed by atoms with E-state index in [1.54, 1.807) is 0 Å². The fourth-order valence-electron chi connectivity index (χ4n) is 5.98. The Kier molecular flexibility index (Phi) is 11.6. The lowest BCUT2D eigenvalue weighted by Crippen LogP contribution is -2.40. The number of ether oxygens (including phenoxy) is 1. The quantitative estimate of drug-likeness (QED) is 0.0861. The second kappa shape index (κ2) is 14.8. The highest BCUT2D eigenvalue weighted by atomic mass is 16.5. The van der Waals surface area contributed by atoms with Crippen molar-refractivity contribution in [2.45, 2.75) is 104 Å². The Balaban J connectivity index is 1.64. The summed E-state index contributed by atoms with van der Waals surface area (Å²) < 4.78 is 5.57. The highest BCUT2D eigenvalue weighted by molar-refractivity contribution is 6.69. The smallest absolute Gasteiger partial charge is 0.362 e. The molecule has 38 heavy (non-hydrogen) atoms. The topological polar surface area (TPSA) is 71.2 Å². The van der Waals surface area contributed by atoms with Crippen LogP contribution >= 0.6 is 0 Å². The van der Waals surface area contributed by atoms with Gasteiger partial charge in [-0.25, -0.2) is 4.79 Å². The number of hydrogen-bond acceptors (Lipinski definition) is 5. The van der Waals surface area contributed by atoms with Crippen molar-refractivity contribution in [1.29, 1.82) is 0 Å². The van der Waals surface area contributed by atoms with Crippen molar-refractivity contribution in [2.75, 3.05) is 13.2 Å². The molecule has 1 heterocycles. The lowest BCUT2D eigenvalue weighted by atomic mass is 9.68. The van der Waals surface area contributed by atoms with E-state index < -0.39 is 5.97 Å². The molecular formula is C33H46N2O3. The van der Waals surface area contributed by atoms with Crippen LogP contribution in [0.3, 0.4) is 0 Å². The summed E-state index contributed by atoms with van der Waals surface area (Å²) in [5, 5.41) is 13.2. The number of aryl methyl sites for hydroxylation is 2. The molecule has 1 N–H and O–H groups in total. The molecule has 3 rings (SSSR count). The molecule has 0 unspecified atom stereocenters. The van der Waals surface area contributed by atoms with E-state index in [-0.39, 0.29) is 17.7 Å². The number of esters is 1. The minimum Gasteiger partial charge on any atom is -0.460 e. The maximum atomic E-state index is 13.0. The fraction of sp³-hybridized carbons (Fsp3) is 0.545. The number of hydrogen-bond donors (Lipinski definition) is 1. The highest BCUT2D eigenvalue weighted by Crippen LogP contribution is 2.41. The number of nitrogens with zero attached hydrogens (tertiary/aromatic N) is 2. The van der Waals surface area contributed by atoms with Crippen molar-refractivity contribution in [1.82, 2.24) is 0 Å². The first-order valence-electron chi connectivity index (χ1n) is 14.6. The molecule has 0 aliphatic carbocycles. The number of aliphatic imine (C=N–C) groups is 1. The van der Waals surface area contributed by atoms with Gasteiger partial charge in [-0.1, -0.05) is 107 Å². The molecule has 2 aromatic rings. The average Bonchev–Trinajstić information content (AvgIpc) is 2.91. The number of oxime groups is 1. The first-order chi connectivity index (χ1) is 18.5. The van der Waals surface area contributed by atoms with Crippen LogP contribution < -0.4 is 0 Å². The lowest BCUT2D eigenvalue weighted by molar-refractivity contribution is -0.135. The van der Waals surface area contributed by atoms with Gasteiger partial charge in [0.15, 0.2) is 0 Å². The van der Waals surface area contributed by atoms with E-state index in [4.69, 9.17) is 9.73 Å². The first-order valence-corrected chi connectivity index (χ1v) is 14.6. The van der Waals surface area contributed by atoms with Gasteiger partial charge in [-0.3, -0.25) is 4.99 Å². The van der Waals surface area contributed by atoms with Crippen LogP contribution in [-0.2, 0) is 27.8 Å². The van der Waals surface area contributed by atoms with Crippen molar-refractivity contribution in [2.24, 2.45) is 10.1 Å². The molecule has 0 radical (unpaired) electrons. The SMILES string of the molecule is CCCCCCCc1ccc(CCOC(=O)/C(=N/O)C2=NCC(CCC)(CCC)c3c(C)cccc32)cc1. The molecule has 5 heteroatoms. The number of carbonyl (C=O) groups is 1. The summed E-state index contributed by atoms with van der Waals surface area (Å²) in [5.74, 6) is -0.638. The van der Waals surface area contributed by atoms with Gasteiger partial charge in [0.2, 0.25) is 5.71 Å². The summed E-state index contributed by atoms with van der Waals surface area (Å²) in [6.45, 7) is 9.57. The normalized spacial score (nSPS) is 14.6. The van der Waals surface area contributed by atoms with Crippen molar-refractivity contribution in [3.8, 4) is 0 Å². The molecule has 5 nitrogen and oxygen atoms in total. The van der Waals surface area contributed by atoms with Crippen LogP contribution in [0.5, 0.6) is 0 Å². The third kappa shape index (κ3) is 7.33. The van der Waals surface area contributed by atoms with Gasteiger partial charge in [-0.05, 0) is 54.9 Å². The minimum atomic E-state index is -0.638. The molecule has 1 aliphatic heterocycles. The second-order valence-electron chi connectivity index (χ2n) is 10.8. The molecule has 0 atom stereocenters. The highest BCUT2D eigenvalue weighted by Gasteiger charge is 2.39. The summed E-state index contributed by atoms with van der Waals surface area (Å²) in [7, 11) is 0. The number of unbranched alkanes of at least 4 members (excludes halogenated alkanes) is 4. The standard InChI is InChI=1S/C33H46N2O3/c1-5-8-9-10-11-14-26-16-18-27(19-17-26)20-23-38-32(36)31(35-37)30-28-15-12-13-25(4)29(28)33(21-6-2,22-7-3)24-34-30/h12-13,15-19,37H,5-11,14,20-24H2,1-4H3/b35-31+. The van der Waals surface area contributed by atoms with Crippen molar-refractivity contribution in [3.05, 3.63) is 70.3 Å². The van der Waals surface area contributed by atoms with Crippen LogP contribution in [-0.4, -0.2) is 35.8 Å².